The Morgan fingerprint density at radius 3 is 2.13 bits per heavy atom. The van der Waals surface area contributed by atoms with Gasteiger partial charge in [-0.1, -0.05) is 60.7 Å². The zero-order chi connectivity index (χ0) is 20.8. The van der Waals surface area contributed by atoms with Crippen LogP contribution in [0.2, 0.25) is 0 Å². The number of halogens is 1. The minimum Gasteiger partial charge on any atom is -0.321 e. The van der Waals surface area contributed by atoms with E-state index >= 15 is 0 Å². The molecule has 0 saturated carbocycles. The fourth-order valence-corrected chi connectivity index (χ4v) is 4.45. The number of quaternary nitrogens is 1. The van der Waals surface area contributed by atoms with Crippen LogP contribution in [-0.4, -0.2) is 19.0 Å². The Hall–Kier alpha value is -2.98. The van der Waals surface area contributed by atoms with E-state index in [0.29, 0.717) is 11.6 Å². The molecule has 1 aliphatic rings. The zero-order valence-corrected chi connectivity index (χ0v) is 17.1. The first-order chi connectivity index (χ1) is 14.7. The third-order valence-corrected chi connectivity index (χ3v) is 6.03. The summed E-state index contributed by atoms with van der Waals surface area (Å²) in [6, 6.07) is 26.3. The number of carbonyl (C=O) groups is 1. The molecule has 1 atom stereocenters. The fourth-order valence-electron chi connectivity index (χ4n) is 4.45. The average molecular weight is 404 g/mol. The summed E-state index contributed by atoms with van der Waals surface area (Å²) in [5.41, 5.74) is 3.04. The molecule has 3 aromatic rings. The van der Waals surface area contributed by atoms with Gasteiger partial charge in [-0.15, -0.1) is 0 Å². The Balaban J connectivity index is 1.45. The van der Waals surface area contributed by atoms with Gasteiger partial charge in [0, 0.05) is 11.3 Å². The third-order valence-electron chi connectivity index (χ3n) is 6.03. The standard InChI is InChI=1S/C26H27FN2O/c27-23-11-13-24(14-12-23)28-26(30)25(22-9-5-2-6-10-22)29-17-15-21(16-18-29)19-20-7-3-1-4-8-20/h1-14,21,25H,15-19H2,(H,28,30)/p+1/t25-/m1/s1. The van der Waals surface area contributed by atoms with Crippen molar-refractivity contribution in [1.82, 2.24) is 0 Å². The van der Waals surface area contributed by atoms with Crippen molar-refractivity contribution < 1.29 is 14.1 Å². The quantitative estimate of drug-likeness (QED) is 0.640. The highest BCUT2D eigenvalue weighted by molar-refractivity contribution is 5.94. The molecule has 0 radical (unpaired) electrons. The summed E-state index contributed by atoms with van der Waals surface area (Å²) >= 11 is 0. The summed E-state index contributed by atoms with van der Waals surface area (Å²) in [7, 11) is 0. The van der Waals surface area contributed by atoms with Gasteiger partial charge in [-0.25, -0.2) is 4.39 Å². The molecular formula is C26H28FN2O+. The number of nitrogens with one attached hydrogen (secondary N) is 2. The highest BCUT2D eigenvalue weighted by Crippen LogP contribution is 2.20. The van der Waals surface area contributed by atoms with Gasteiger partial charge in [0.15, 0.2) is 6.04 Å². The Morgan fingerprint density at radius 1 is 0.900 bits per heavy atom. The second kappa shape index (κ2) is 9.68. The lowest BCUT2D eigenvalue weighted by Gasteiger charge is -2.34. The van der Waals surface area contributed by atoms with Crippen LogP contribution in [0.1, 0.15) is 30.0 Å². The molecule has 30 heavy (non-hydrogen) atoms. The van der Waals surface area contributed by atoms with Crippen molar-refractivity contribution in [3.05, 3.63) is 102 Å². The van der Waals surface area contributed by atoms with Crippen LogP contribution in [0.5, 0.6) is 0 Å². The molecule has 0 unspecified atom stereocenters. The van der Waals surface area contributed by atoms with Crippen LogP contribution < -0.4 is 10.2 Å². The topological polar surface area (TPSA) is 33.5 Å². The van der Waals surface area contributed by atoms with E-state index in [-0.39, 0.29) is 17.8 Å². The number of piperidine rings is 1. The predicted octanol–water partition coefficient (Wildman–Crippen LogP) is 4.04. The lowest BCUT2D eigenvalue weighted by Crippen LogP contribution is -3.14. The van der Waals surface area contributed by atoms with E-state index in [1.807, 2.05) is 30.3 Å². The van der Waals surface area contributed by atoms with Gasteiger partial charge in [-0.3, -0.25) is 4.79 Å². The number of amides is 1. The maximum Gasteiger partial charge on any atom is 0.287 e. The first-order valence-corrected chi connectivity index (χ1v) is 10.7. The number of rotatable bonds is 6. The molecule has 0 spiro atoms. The molecule has 0 bridgehead atoms. The number of carbonyl (C=O) groups excluding carboxylic acids is 1. The predicted molar refractivity (Wildman–Crippen MR) is 118 cm³/mol. The Labute approximate surface area is 177 Å². The second-order valence-corrected chi connectivity index (χ2v) is 8.13. The normalized spacial score (nSPS) is 19.8. The summed E-state index contributed by atoms with van der Waals surface area (Å²) in [6.07, 6.45) is 3.32. The van der Waals surface area contributed by atoms with Crippen LogP contribution in [0.4, 0.5) is 10.1 Å². The molecule has 1 fully saturated rings. The summed E-state index contributed by atoms with van der Waals surface area (Å²) in [5.74, 6) is 0.316. The van der Waals surface area contributed by atoms with Gasteiger partial charge in [0.1, 0.15) is 5.82 Å². The number of hydrogen-bond acceptors (Lipinski definition) is 1. The van der Waals surface area contributed by atoms with Crippen LogP contribution in [-0.2, 0) is 11.2 Å². The van der Waals surface area contributed by atoms with Crippen molar-refractivity contribution in [3.8, 4) is 0 Å². The Kier molecular flexibility index (Phi) is 6.55. The molecule has 1 aliphatic heterocycles. The highest BCUT2D eigenvalue weighted by atomic mass is 19.1. The second-order valence-electron chi connectivity index (χ2n) is 8.13. The smallest absolute Gasteiger partial charge is 0.287 e. The first kappa shape index (κ1) is 20.3. The number of anilines is 1. The molecule has 154 valence electrons. The van der Waals surface area contributed by atoms with E-state index in [9.17, 15) is 9.18 Å². The maximum absolute atomic E-state index is 13.2. The van der Waals surface area contributed by atoms with E-state index in [4.69, 9.17) is 0 Å². The van der Waals surface area contributed by atoms with E-state index in [1.165, 1.54) is 22.6 Å². The van der Waals surface area contributed by atoms with Crippen LogP contribution in [0.15, 0.2) is 84.9 Å². The summed E-state index contributed by atoms with van der Waals surface area (Å²) in [6.45, 7) is 1.93. The van der Waals surface area contributed by atoms with Gasteiger partial charge in [0.05, 0.1) is 13.1 Å². The molecule has 1 amide bonds. The van der Waals surface area contributed by atoms with E-state index in [2.05, 4.69) is 35.6 Å². The zero-order valence-electron chi connectivity index (χ0n) is 17.1. The largest absolute Gasteiger partial charge is 0.321 e. The lowest BCUT2D eigenvalue weighted by atomic mass is 9.89. The molecule has 3 aromatic carbocycles. The van der Waals surface area contributed by atoms with Gasteiger partial charge in [-0.2, -0.15) is 0 Å². The molecule has 0 aromatic heterocycles. The molecule has 3 nitrogen and oxygen atoms in total. The molecule has 2 N–H and O–H groups in total. The molecule has 0 aliphatic carbocycles. The first-order valence-electron chi connectivity index (χ1n) is 10.7. The monoisotopic (exact) mass is 403 g/mol. The van der Waals surface area contributed by atoms with E-state index in [0.717, 1.165) is 37.9 Å². The summed E-state index contributed by atoms with van der Waals surface area (Å²) < 4.78 is 13.2. The van der Waals surface area contributed by atoms with Crippen molar-refractivity contribution in [3.63, 3.8) is 0 Å². The van der Waals surface area contributed by atoms with E-state index < -0.39 is 0 Å². The van der Waals surface area contributed by atoms with Crippen LogP contribution in [0, 0.1) is 11.7 Å². The SMILES string of the molecule is O=C(Nc1ccc(F)cc1)[C@@H](c1ccccc1)[NH+]1CCC(Cc2ccccc2)CC1. The minimum absolute atomic E-state index is 0.0377. The van der Waals surface area contributed by atoms with Gasteiger partial charge < -0.3 is 10.2 Å². The molecule has 4 rings (SSSR count). The lowest BCUT2D eigenvalue weighted by molar-refractivity contribution is -0.927. The minimum atomic E-state index is -0.307. The Morgan fingerprint density at radius 2 is 1.50 bits per heavy atom. The van der Waals surface area contributed by atoms with Crippen LogP contribution in [0.3, 0.4) is 0 Å². The molecular weight excluding hydrogens is 375 g/mol. The van der Waals surface area contributed by atoms with Gasteiger partial charge in [0.2, 0.25) is 0 Å². The average Bonchev–Trinajstić information content (AvgIpc) is 2.78. The van der Waals surface area contributed by atoms with Crippen molar-refractivity contribution in [2.45, 2.75) is 25.3 Å². The van der Waals surface area contributed by atoms with Gasteiger partial charge >= 0.3 is 0 Å². The summed E-state index contributed by atoms with van der Waals surface area (Å²) in [4.78, 5) is 14.5. The molecule has 1 saturated heterocycles. The third kappa shape index (κ3) is 5.14. The van der Waals surface area contributed by atoms with Crippen LogP contribution in [0.25, 0.3) is 0 Å². The summed E-state index contributed by atoms with van der Waals surface area (Å²) in [5, 5.41) is 2.99. The van der Waals surface area contributed by atoms with Gasteiger partial charge in [0.25, 0.3) is 5.91 Å². The Bertz CT molecular complexity index is 936. The highest BCUT2D eigenvalue weighted by Gasteiger charge is 2.34. The number of hydrogen-bond donors (Lipinski definition) is 2. The number of benzene rings is 3. The van der Waals surface area contributed by atoms with Crippen molar-refractivity contribution >= 4 is 11.6 Å². The fraction of sp³-hybridized carbons (Fsp3) is 0.269. The molecule has 4 heteroatoms. The van der Waals surface area contributed by atoms with Crippen LogP contribution >= 0.6 is 0 Å². The van der Waals surface area contributed by atoms with Crippen molar-refractivity contribution in [1.29, 1.82) is 0 Å². The van der Waals surface area contributed by atoms with E-state index in [1.54, 1.807) is 12.1 Å². The van der Waals surface area contributed by atoms with Crippen molar-refractivity contribution in [2.24, 2.45) is 5.92 Å². The van der Waals surface area contributed by atoms with Gasteiger partial charge in [-0.05, 0) is 55.0 Å². The molecule has 1 heterocycles. The number of likely N-dealkylation sites (tertiary alicyclic amines) is 1. The van der Waals surface area contributed by atoms with Crippen molar-refractivity contribution in [2.75, 3.05) is 18.4 Å². The maximum atomic E-state index is 13.2.